The SMILES string of the molecule is O=c1cc[nH]cc1S(=O)(=O)Nc1cc(F)cc(Cl)c1. The summed E-state index contributed by atoms with van der Waals surface area (Å²) >= 11 is 5.61. The Labute approximate surface area is 113 Å². The van der Waals surface area contributed by atoms with Gasteiger partial charge in [-0.1, -0.05) is 11.6 Å². The van der Waals surface area contributed by atoms with E-state index in [9.17, 15) is 17.6 Å². The number of rotatable bonds is 3. The summed E-state index contributed by atoms with van der Waals surface area (Å²) < 4.78 is 39.1. The highest BCUT2D eigenvalue weighted by atomic mass is 35.5. The molecule has 19 heavy (non-hydrogen) atoms. The largest absolute Gasteiger partial charge is 0.366 e. The van der Waals surface area contributed by atoms with Crippen LogP contribution in [0.25, 0.3) is 0 Å². The van der Waals surface area contributed by atoms with E-state index >= 15 is 0 Å². The summed E-state index contributed by atoms with van der Waals surface area (Å²) in [5, 5.41) is 0.0414. The third-order valence-electron chi connectivity index (χ3n) is 2.19. The molecule has 0 aliphatic carbocycles. The zero-order chi connectivity index (χ0) is 14.0. The van der Waals surface area contributed by atoms with Crippen LogP contribution in [0.4, 0.5) is 10.1 Å². The Hall–Kier alpha value is -1.86. The third kappa shape index (κ3) is 3.12. The molecule has 0 radical (unpaired) electrons. The second-order valence-electron chi connectivity index (χ2n) is 3.64. The maximum absolute atomic E-state index is 13.1. The molecular weight excluding hydrogens is 295 g/mol. The van der Waals surface area contributed by atoms with Crippen LogP contribution < -0.4 is 10.2 Å². The molecule has 0 atom stereocenters. The van der Waals surface area contributed by atoms with Gasteiger partial charge in [0.05, 0.1) is 5.69 Å². The summed E-state index contributed by atoms with van der Waals surface area (Å²) in [5.41, 5.74) is -0.734. The molecule has 0 aliphatic heterocycles. The molecule has 8 heteroatoms. The fourth-order valence-electron chi connectivity index (χ4n) is 1.43. The van der Waals surface area contributed by atoms with E-state index < -0.39 is 26.2 Å². The van der Waals surface area contributed by atoms with Gasteiger partial charge >= 0.3 is 0 Å². The van der Waals surface area contributed by atoms with Crippen molar-refractivity contribution in [2.75, 3.05) is 4.72 Å². The van der Waals surface area contributed by atoms with Crippen LogP contribution in [0, 0.1) is 5.82 Å². The van der Waals surface area contributed by atoms with Gasteiger partial charge in [-0.3, -0.25) is 9.52 Å². The van der Waals surface area contributed by atoms with Crippen LogP contribution in [0.1, 0.15) is 0 Å². The Bertz CT molecular complexity index is 753. The number of hydrogen-bond donors (Lipinski definition) is 2. The number of nitrogens with one attached hydrogen (secondary N) is 2. The lowest BCUT2D eigenvalue weighted by molar-refractivity contribution is 0.600. The molecule has 2 aromatic rings. The topological polar surface area (TPSA) is 79.0 Å². The molecule has 0 fully saturated rings. The van der Waals surface area contributed by atoms with Crippen LogP contribution in [-0.2, 0) is 10.0 Å². The quantitative estimate of drug-likeness (QED) is 0.910. The molecule has 2 rings (SSSR count). The van der Waals surface area contributed by atoms with Gasteiger partial charge in [0.25, 0.3) is 10.0 Å². The van der Waals surface area contributed by atoms with Gasteiger partial charge < -0.3 is 4.98 Å². The molecule has 2 N–H and O–H groups in total. The number of H-pyrrole nitrogens is 1. The average molecular weight is 303 g/mol. The summed E-state index contributed by atoms with van der Waals surface area (Å²) in [6, 6.07) is 4.31. The van der Waals surface area contributed by atoms with Crippen molar-refractivity contribution in [3.63, 3.8) is 0 Å². The van der Waals surface area contributed by atoms with Crippen LogP contribution in [0.5, 0.6) is 0 Å². The van der Waals surface area contributed by atoms with E-state index in [4.69, 9.17) is 11.6 Å². The molecule has 0 saturated carbocycles. The van der Waals surface area contributed by atoms with Crippen molar-refractivity contribution < 1.29 is 12.8 Å². The van der Waals surface area contributed by atoms with Gasteiger partial charge in [-0.15, -0.1) is 0 Å². The second-order valence-corrected chi connectivity index (χ2v) is 5.72. The normalized spacial score (nSPS) is 11.3. The first-order chi connectivity index (χ1) is 8.88. The molecule has 100 valence electrons. The summed E-state index contributed by atoms with van der Waals surface area (Å²) in [6.45, 7) is 0. The molecule has 0 saturated heterocycles. The zero-order valence-corrected chi connectivity index (χ0v) is 10.9. The molecule has 0 spiro atoms. The summed E-state index contributed by atoms with van der Waals surface area (Å²) in [6.07, 6.45) is 2.35. The average Bonchev–Trinajstić information content (AvgIpc) is 2.26. The molecule has 1 aromatic heterocycles. The van der Waals surface area contributed by atoms with Crippen molar-refractivity contribution in [1.29, 1.82) is 0 Å². The Morgan fingerprint density at radius 3 is 2.63 bits per heavy atom. The molecule has 0 amide bonds. The monoisotopic (exact) mass is 302 g/mol. The van der Waals surface area contributed by atoms with Crippen LogP contribution in [0.15, 0.2) is 46.3 Å². The number of aromatic amines is 1. The molecule has 1 heterocycles. The smallest absolute Gasteiger partial charge is 0.267 e. The van der Waals surface area contributed by atoms with Gasteiger partial charge in [-0.25, -0.2) is 12.8 Å². The molecule has 0 bridgehead atoms. The first-order valence-electron chi connectivity index (χ1n) is 5.04. The Morgan fingerprint density at radius 1 is 1.26 bits per heavy atom. The van der Waals surface area contributed by atoms with Crippen molar-refractivity contribution in [3.05, 3.63) is 57.7 Å². The maximum atomic E-state index is 13.1. The minimum absolute atomic E-state index is 0.0414. The minimum atomic E-state index is -4.10. The molecule has 0 aliphatic rings. The van der Waals surface area contributed by atoms with Gasteiger partial charge in [-0.05, 0) is 18.2 Å². The van der Waals surface area contributed by atoms with E-state index in [0.717, 1.165) is 24.4 Å². The van der Waals surface area contributed by atoms with E-state index in [0.29, 0.717) is 0 Å². The van der Waals surface area contributed by atoms with E-state index in [1.807, 2.05) is 0 Å². The first kappa shape index (κ1) is 13.6. The van der Waals surface area contributed by atoms with E-state index in [-0.39, 0.29) is 10.7 Å². The van der Waals surface area contributed by atoms with Crippen molar-refractivity contribution in [1.82, 2.24) is 4.98 Å². The second kappa shape index (κ2) is 5.02. The number of sulfonamides is 1. The summed E-state index contributed by atoms with van der Waals surface area (Å²) in [4.78, 5) is 13.5. The summed E-state index contributed by atoms with van der Waals surface area (Å²) in [7, 11) is -4.10. The molecule has 0 unspecified atom stereocenters. The van der Waals surface area contributed by atoms with E-state index in [1.54, 1.807) is 0 Å². The fraction of sp³-hybridized carbons (Fsp3) is 0. The lowest BCUT2D eigenvalue weighted by Crippen LogP contribution is -2.20. The highest BCUT2D eigenvalue weighted by Crippen LogP contribution is 2.20. The lowest BCUT2D eigenvalue weighted by atomic mass is 10.3. The number of pyridine rings is 1. The summed E-state index contributed by atoms with van der Waals surface area (Å²) in [5.74, 6) is -0.688. The number of anilines is 1. The van der Waals surface area contributed by atoms with Crippen molar-refractivity contribution in [2.45, 2.75) is 4.90 Å². The molecule has 1 aromatic carbocycles. The van der Waals surface area contributed by atoms with E-state index in [1.165, 1.54) is 12.3 Å². The zero-order valence-electron chi connectivity index (χ0n) is 9.35. The maximum Gasteiger partial charge on any atom is 0.267 e. The Kier molecular flexibility index (Phi) is 3.59. The number of aromatic nitrogens is 1. The fourth-order valence-corrected chi connectivity index (χ4v) is 2.75. The van der Waals surface area contributed by atoms with Crippen molar-refractivity contribution in [2.24, 2.45) is 0 Å². The number of hydrogen-bond acceptors (Lipinski definition) is 3. The van der Waals surface area contributed by atoms with Crippen LogP contribution in [-0.4, -0.2) is 13.4 Å². The predicted molar refractivity (Wildman–Crippen MR) is 69.3 cm³/mol. The van der Waals surface area contributed by atoms with Gasteiger partial charge in [0.1, 0.15) is 5.82 Å². The standard InChI is InChI=1S/C11H8ClFN2O3S/c12-7-3-8(13)5-9(4-7)15-19(17,18)11-6-14-2-1-10(11)16/h1-6,15H,(H,14,16). The van der Waals surface area contributed by atoms with Crippen LogP contribution >= 0.6 is 11.6 Å². The third-order valence-corrected chi connectivity index (χ3v) is 3.81. The van der Waals surface area contributed by atoms with Crippen molar-refractivity contribution >= 4 is 27.3 Å². The highest BCUT2D eigenvalue weighted by Gasteiger charge is 2.18. The van der Waals surface area contributed by atoms with Crippen molar-refractivity contribution in [3.8, 4) is 0 Å². The predicted octanol–water partition coefficient (Wildman–Crippen LogP) is 1.97. The van der Waals surface area contributed by atoms with Gasteiger partial charge in [-0.2, -0.15) is 0 Å². The number of benzene rings is 1. The van der Waals surface area contributed by atoms with Gasteiger partial charge in [0, 0.05) is 23.5 Å². The van der Waals surface area contributed by atoms with Crippen LogP contribution in [0.3, 0.4) is 0 Å². The van der Waals surface area contributed by atoms with Gasteiger partial charge in [0.15, 0.2) is 4.90 Å². The lowest BCUT2D eigenvalue weighted by Gasteiger charge is -2.07. The Morgan fingerprint density at radius 2 is 2.00 bits per heavy atom. The van der Waals surface area contributed by atoms with E-state index in [2.05, 4.69) is 9.71 Å². The highest BCUT2D eigenvalue weighted by molar-refractivity contribution is 7.92. The minimum Gasteiger partial charge on any atom is -0.366 e. The first-order valence-corrected chi connectivity index (χ1v) is 6.90. The Balaban J connectivity index is 2.42. The molecule has 5 nitrogen and oxygen atoms in total. The van der Waals surface area contributed by atoms with Gasteiger partial charge in [0.2, 0.25) is 5.43 Å². The molecular formula is C11H8ClFN2O3S. The van der Waals surface area contributed by atoms with Crippen LogP contribution in [0.2, 0.25) is 5.02 Å². The number of halogens is 2.